The van der Waals surface area contributed by atoms with E-state index in [1.54, 1.807) is 0 Å². The molecule has 102 valence electrons. The summed E-state index contributed by atoms with van der Waals surface area (Å²) in [6.07, 6.45) is 5.89. The molecule has 0 aromatic heterocycles. The van der Waals surface area contributed by atoms with Crippen LogP contribution in [0.15, 0.2) is 35.3 Å². The third kappa shape index (κ3) is 3.29. The van der Waals surface area contributed by atoms with Gasteiger partial charge in [0.05, 0.1) is 0 Å². The van der Waals surface area contributed by atoms with Crippen molar-refractivity contribution in [2.75, 3.05) is 24.7 Å². The number of hydrogen-bond donors (Lipinski definition) is 0. The van der Waals surface area contributed by atoms with Crippen molar-refractivity contribution in [1.29, 1.82) is 0 Å². The van der Waals surface area contributed by atoms with Crippen molar-refractivity contribution in [3.8, 4) is 0 Å². The molecule has 18 heavy (non-hydrogen) atoms. The molecule has 0 fully saturated rings. The van der Waals surface area contributed by atoms with Crippen LogP contribution in [0.25, 0.3) is 0 Å². The number of hydrogen-bond acceptors (Lipinski definition) is 2. The van der Waals surface area contributed by atoms with Crippen LogP contribution < -0.4 is 0 Å². The van der Waals surface area contributed by atoms with Gasteiger partial charge in [-0.3, -0.25) is 0 Å². The average Bonchev–Trinajstić information content (AvgIpc) is 2.45. The first-order valence-corrected chi connectivity index (χ1v) is 13.2. The zero-order valence-corrected chi connectivity index (χ0v) is 15.6. The molecule has 0 atom stereocenters. The van der Waals surface area contributed by atoms with Crippen LogP contribution in [-0.2, 0) is 0 Å². The number of aliphatic imine (C=N–C) groups is 1. The number of para-hydroxylation sites is 1. The van der Waals surface area contributed by atoms with Crippen LogP contribution in [0.3, 0.4) is 0 Å². The van der Waals surface area contributed by atoms with Gasteiger partial charge in [0.2, 0.25) is 0 Å². The monoisotopic (exact) mass is 395 g/mol. The Morgan fingerprint density at radius 3 is 2.00 bits per heavy atom. The molecule has 1 nitrogen and oxygen atoms in total. The summed E-state index contributed by atoms with van der Waals surface area (Å²) in [4.78, 5) is 6.34. The summed E-state index contributed by atoms with van der Waals surface area (Å²) in [5.74, 6) is 0. The molecule has 4 heteroatoms. The number of rotatable bonds is 5. The maximum atomic E-state index is 4.96. The van der Waals surface area contributed by atoms with Gasteiger partial charge in [0.1, 0.15) is 0 Å². The summed E-state index contributed by atoms with van der Waals surface area (Å²) in [6.45, 7) is 6.98. The van der Waals surface area contributed by atoms with Crippen LogP contribution in [0.1, 0.15) is 20.8 Å². The van der Waals surface area contributed by atoms with Gasteiger partial charge in [-0.15, -0.1) is 0 Å². The van der Waals surface area contributed by atoms with Gasteiger partial charge in [0, 0.05) is 0 Å². The van der Waals surface area contributed by atoms with E-state index >= 15 is 0 Å². The fourth-order valence-corrected chi connectivity index (χ4v) is 9.89. The van der Waals surface area contributed by atoms with E-state index in [-0.39, 0.29) is 0 Å². The van der Waals surface area contributed by atoms with Crippen LogP contribution in [0.2, 0.25) is 0 Å². The minimum absolute atomic E-state index is 1.09. The van der Waals surface area contributed by atoms with Crippen LogP contribution in [0.4, 0.5) is 5.69 Å². The first-order valence-electron chi connectivity index (χ1n) is 6.43. The molecule has 0 saturated carbocycles. The predicted octanol–water partition coefficient (Wildman–Crippen LogP) is 6.00. The predicted molar refractivity (Wildman–Crippen MR) is 99.6 cm³/mol. The Labute approximate surface area is 129 Å². The molecule has 1 aromatic rings. The van der Waals surface area contributed by atoms with E-state index in [4.69, 9.17) is 4.99 Å². The molecule has 0 heterocycles. The number of halogens is 1. The Kier molecular flexibility index (Phi) is 6.14. The van der Waals surface area contributed by atoms with E-state index in [9.17, 15) is 0 Å². The normalized spacial score (nSPS) is 15.2. The van der Waals surface area contributed by atoms with E-state index in [1.165, 1.54) is 23.3 Å². The number of nitrogens with zero attached hydrogens (tertiary/aromatic N) is 1. The van der Waals surface area contributed by atoms with Crippen molar-refractivity contribution in [1.82, 2.24) is 0 Å². The van der Waals surface area contributed by atoms with Gasteiger partial charge >= 0.3 is 129 Å². The first kappa shape index (κ1) is 16.5. The third-order valence-corrected chi connectivity index (χ3v) is 20.2. The molecular formula is C14H23INPS. The summed E-state index contributed by atoms with van der Waals surface area (Å²) in [7, 11) is 0. The van der Waals surface area contributed by atoms with Crippen molar-refractivity contribution >= 4 is 48.5 Å². The molecule has 0 saturated heterocycles. The van der Waals surface area contributed by atoms with Crippen molar-refractivity contribution in [2.45, 2.75) is 20.8 Å². The van der Waals surface area contributed by atoms with Gasteiger partial charge < -0.3 is 0 Å². The molecule has 0 spiro atoms. The number of thioether (sulfide) groups is 1. The van der Waals surface area contributed by atoms with Crippen LogP contribution in [0.5, 0.6) is 0 Å². The van der Waals surface area contributed by atoms with Crippen molar-refractivity contribution < 1.29 is 0 Å². The average molecular weight is 395 g/mol. The molecule has 0 amide bonds. The molecule has 1 rings (SSSR count). The molecule has 0 aliphatic heterocycles. The Hall–Kier alpha value is 0.400. The van der Waals surface area contributed by atoms with Gasteiger partial charge in [0.25, 0.3) is 0 Å². The van der Waals surface area contributed by atoms with Crippen molar-refractivity contribution in [3.05, 3.63) is 30.3 Å². The fourth-order valence-electron chi connectivity index (χ4n) is 2.09. The second-order valence-corrected chi connectivity index (χ2v) is 18.7. The SMILES string of the molecule is CCP(I)(CC)(CC)C(=Nc1ccccc1)SC. The minimum atomic E-state index is -1.83. The molecule has 0 radical (unpaired) electrons. The summed E-state index contributed by atoms with van der Waals surface area (Å²) in [6, 6.07) is 10.3. The van der Waals surface area contributed by atoms with Crippen LogP contribution in [0, 0.1) is 0 Å². The quantitative estimate of drug-likeness (QED) is 0.258. The van der Waals surface area contributed by atoms with E-state index in [2.05, 4.69) is 73.3 Å². The van der Waals surface area contributed by atoms with Gasteiger partial charge in [-0.1, -0.05) is 0 Å². The Balaban J connectivity index is 3.28. The summed E-state index contributed by atoms with van der Waals surface area (Å²) < 4.78 is -1.83. The molecule has 0 N–H and O–H groups in total. The zero-order chi connectivity index (χ0) is 13.7. The van der Waals surface area contributed by atoms with E-state index in [0.29, 0.717) is 0 Å². The van der Waals surface area contributed by atoms with Gasteiger partial charge in [-0.2, -0.15) is 0 Å². The fraction of sp³-hybridized carbons (Fsp3) is 0.500. The Morgan fingerprint density at radius 2 is 1.61 bits per heavy atom. The molecule has 0 aliphatic rings. The molecular weight excluding hydrogens is 372 g/mol. The zero-order valence-electron chi connectivity index (χ0n) is 11.7. The summed E-state index contributed by atoms with van der Waals surface area (Å²) in [5.41, 5.74) is 1.09. The summed E-state index contributed by atoms with van der Waals surface area (Å²) >= 11 is 4.61. The first-order chi connectivity index (χ1) is 8.52. The standard InChI is InChI=1S/C14H23INPS/c1-5-17(15,6-2,7-3)14(18-4)16-13-11-9-8-10-12-13/h8-12H,5-7H2,1-4H3. The maximum absolute atomic E-state index is 4.96. The van der Waals surface area contributed by atoms with Gasteiger partial charge in [-0.25, -0.2) is 0 Å². The molecule has 0 aliphatic carbocycles. The van der Waals surface area contributed by atoms with Crippen molar-refractivity contribution in [3.63, 3.8) is 0 Å². The molecule has 0 bridgehead atoms. The van der Waals surface area contributed by atoms with Crippen molar-refractivity contribution in [2.24, 2.45) is 4.99 Å². The molecule has 0 unspecified atom stereocenters. The van der Waals surface area contributed by atoms with Gasteiger partial charge in [-0.05, 0) is 0 Å². The topological polar surface area (TPSA) is 12.4 Å². The van der Waals surface area contributed by atoms with Gasteiger partial charge in [0.15, 0.2) is 0 Å². The summed E-state index contributed by atoms with van der Waals surface area (Å²) in [5, 5.41) is 0. The third-order valence-electron chi connectivity index (χ3n) is 3.82. The molecule has 1 aromatic carbocycles. The van der Waals surface area contributed by atoms with E-state index in [1.807, 2.05) is 17.8 Å². The second-order valence-electron chi connectivity index (χ2n) is 4.47. The van der Waals surface area contributed by atoms with Crippen LogP contribution >= 0.6 is 38.0 Å². The van der Waals surface area contributed by atoms with E-state index in [0.717, 1.165) is 5.69 Å². The Morgan fingerprint density at radius 1 is 1.11 bits per heavy atom. The Bertz CT molecular complexity index is 404. The van der Waals surface area contributed by atoms with Crippen LogP contribution in [-0.4, -0.2) is 29.5 Å². The number of benzene rings is 1. The second kappa shape index (κ2) is 6.71. The van der Waals surface area contributed by atoms with E-state index < -0.39 is 4.25 Å².